The van der Waals surface area contributed by atoms with Gasteiger partial charge in [-0.25, -0.2) is 4.57 Å². The molecule has 4 aromatic heterocycles. The van der Waals surface area contributed by atoms with E-state index in [9.17, 15) is 0 Å². The number of thiazole rings is 1. The molecule has 0 amide bonds. The van der Waals surface area contributed by atoms with Crippen LogP contribution < -0.4 is 4.57 Å². The van der Waals surface area contributed by atoms with Crippen LogP contribution in [0.4, 0.5) is 0 Å². The summed E-state index contributed by atoms with van der Waals surface area (Å²) in [4.78, 5) is 9.71. The molecule has 1 aliphatic heterocycles. The van der Waals surface area contributed by atoms with Crippen molar-refractivity contribution < 1.29 is 4.57 Å². The molecule has 0 aromatic carbocycles. The number of hydrogen-bond acceptors (Lipinski definition) is 3. The molecule has 4 nitrogen and oxygen atoms in total. The van der Waals surface area contributed by atoms with Crippen LogP contribution in [0.5, 0.6) is 0 Å². The van der Waals surface area contributed by atoms with Crippen LogP contribution in [0.25, 0.3) is 26.3 Å². The molecule has 5 heterocycles. The molecule has 5 rings (SSSR count). The summed E-state index contributed by atoms with van der Waals surface area (Å²) >= 11 is 1.80. The van der Waals surface area contributed by atoms with Crippen LogP contribution in [0, 0.1) is 0 Å². The van der Waals surface area contributed by atoms with Gasteiger partial charge in [-0.2, -0.15) is 4.40 Å². The first-order chi connectivity index (χ1) is 9.42. The summed E-state index contributed by atoms with van der Waals surface area (Å²) in [6, 6.07) is 4.18. The van der Waals surface area contributed by atoms with Gasteiger partial charge in [0.05, 0.1) is 4.70 Å². The number of pyridine rings is 2. The van der Waals surface area contributed by atoms with E-state index in [0.717, 1.165) is 6.54 Å². The maximum Gasteiger partial charge on any atom is 0.251 e. The van der Waals surface area contributed by atoms with Gasteiger partial charge in [0.15, 0.2) is 11.2 Å². The number of rotatable bonds is 0. The number of aromatic nitrogens is 4. The molecule has 90 valence electrons. The van der Waals surface area contributed by atoms with E-state index < -0.39 is 0 Å². The molecule has 0 bridgehead atoms. The minimum absolute atomic E-state index is 0.916. The van der Waals surface area contributed by atoms with Gasteiger partial charge < -0.3 is 0 Å². The predicted molar refractivity (Wildman–Crippen MR) is 73.1 cm³/mol. The summed E-state index contributed by atoms with van der Waals surface area (Å²) in [6.45, 7) is 0.916. The molecule has 0 spiro atoms. The van der Waals surface area contributed by atoms with Crippen LogP contribution in [0.3, 0.4) is 0 Å². The largest absolute Gasteiger partial charge is 0.264 e. The van der Waals surface area contributed by atoms with Gasteiger partial charge in [-0.3, -0.25) is 9.97 Å². The Morgan fingerprint density at radius 1 is 1.16 bits per heavy atom. The van der Waals surface area contributed by atoms with Crippen molar-refractivity contribution in [3.63, 3.8) is 0 Å². The number of hydrogen-bond donors (Lipinski definition) is 0. The lowest BCUT2D eigenvalue weighted by molar-refractivity contribution is -0.671. The third-order valence-corrected chi connectivity index (χ3v) is 4.81. The molecule has 0 saturated carbocycles. The second-order valence-corrected chi connectivity index (χ2v) is 5.78. The lowest BCUT2D eigenvalue weighted by Gasteiger charge is -1.91. The summed E-state index contributed by atoms with van der Waals surface area (Å²) in [7, 11) is 0. The van der Waals surface area contributed by atoms with Crippen molar-refractivity contribution in [3.05, 3.63) is 48.8 Å². The Morgan fingerprint density at radius 3 is 3.05 bits per heavy atom. The fraction of sp³-hybridized carbons (Fsp3) is 0.0714. The average Bonchev–Trinajstić information content (AvgIpc) is 3.05. The SMILES string of the molecule is c1cc2c(cn1)C[n+]1cn3c(sc4cnccc43)c1-2. The second kappa shape index (κ2) is 3.19. The third-order valence-electron chi connectivity index (χ3n) is 3.69. The van der Waals surface area contributed by atoms with E-state index >= 15 is 0 Å². The number of nitrogens with zero attached hydrogens (tertiary/aromatic N) is 4. The van der Waals surface area contributed by atoms with Crippen molar-refractivity contribution in [3.8, 4) is 11.3 Å². The predicted octanol–water partition coefficient (Wildman–Crippen LogP) is 2.26. The van der Waals surface area contributed by atoms with Gasteiger partial charge >= 0.3 is 0 Å². The van der Waals surface area contributed by atoms with E-state index in [1.165, 1.54) is 31.9 Å². The molecule has 0 radical (unpaired) electrons. The number of fused-ring (bicyclic) bond motifs is 7. The van der Waals surface area contributed by atoms with Gasteiger partial charge in [-0.15, -0.1) is 0 Å². The molecule has 0 unspecified atom stereocenters. The Hall–Kier alpha value is -2.27. The quantitative estimate of drug-likeness (QED) is 0.402. The Labute approximate surface area is 112 Å². The Kier molecular flexibility index (Phi) is 1.62. The molecule has 19 heavy (non-hydrogen) atoms. The van der Waals surface area contributed by atoms with Crippen molar-refractivity contribution >= 4 is 26.4 Å². The maximum absolute atomic E-state index is 4.22. The highest BCUT2D eigenvalue weighted by molar-refractivity contribution is 7.24. The zero-order valence-electron chi connectivity index (χ0n) is 9.95. The van der Waals surface area contributed by atoms with Gasteiger partial charge in [0.25, 0.3) is 6.33 Å². The van der Waals surface area contributed by atoms with E-state index in [4.69, 9.17) is 0 Å². The van der Waals surface area contributed by atoms with Crippen LogP contribution >= 0.6 is 11.3 Å². The van der Waals surface area contributed by atoms with Gasteiger partial charge in [-0.05, 0) is 6.07 Å². The van der Waals surface area contributed by atoms with Crippen molar-refractivity contribution in [1.29, 1.82) is 0 Å². The topological polar surface area (TPSA) is 34.1 Å². The van der Waals surface area contributed by atoms with E-state index in [0.29, 0.717) is 0 Å². The zero-order chi connectivity index (χ0) is 12.4. The minimum Gasteiger partial charge on any atom is -0.264 e. The summed E-state index contributed by atoms with van der Waals surface area (Å²) in [5.41, 5.74) is 5.14. The summed E-state index contributed by atoms with van der Waals surface area (Å²) < 4.78 is 5.79. The Balaban J connectivity index is 1.97. The summed E-state index contributed by atoms with van der Waals surface area (Å²) in [5.74, 6) is 0. The van der Waals surface area contributed by atoms with Crippen LogP contribution in [-0.4, -0.2) is 14.4 Å². The first kappa shape index (κ1) is 9.63. The highest BCUT2D eigenvalue weighted by Gasteiger charge is 2.30. The molecular formula is C14H9N4S+. The van der Waals surface area contributed by atoms with Crippen LogP contribution in [0.1, 0.15) is 5.56 Å². The third kappa shape index (κ3) is 1.11. The fourth-order valence-electron chi connectivity index (χ4n) is 2.87. The molecule has 0 fully saturated rings. The highest BCUT2D eigenvalue weighted by atomic mass is 32.1. The zero-order valence-corrected chi connectivity index (χ0v) is 10.8. The molecule has 0 aliphatic carbocycles. The Morgan fingerprint density at radius 2 is 2.05 bits per heavy atom. The normalized spacial score (nSPS) is 13.1. The van der Waals surface area contributed by atoms with Gasteiger partial charge in [0.2, 0.25) is 4.83 Å². The van der Waals surface area contributed by atoms with E-state index in [1.54, 1.807) is 11.3 Å². The summed E-state index contributed by atoms with van der Waals surface area (Å²) in [5, 5.41) is 0. The van der Waals surface area contributed by atoms with Crippen LogP contribution in [0.2, 0.25) is 0 Å². The molecular weight excluding hydrogens is 256 g/mol. The molecule has 1 aliphatic rings. The maximum atomic E-state index is 4.22. The highest BCUT2D eigenvalue weighted by Crippen LogP contribution is 2.35. The molecule has 5 heteroatoms. The second-order valence-electron chi connectivity index (χ2n) is 4.75. The minimum atomic E-state index is 0.916. The van der Waals surface area contributed by atoms with Crippen molar-refractivity contribution in [2.45, 2.75) is 6.54 Å². The first-order valence-corrected chi connectivity index (χ1v) is 6.94. The van der Waals surface area contributed by atoms with E-state index in [-0.39, 0.29) is 0 Å². The van der Waals surface area contributed by atoms with Crippen molar-refractivity contribution in [2.75, 3.05) is 0 Å². The monoisotopic (exact) mass is 265 g/mol. The van der Waals surface area contributed by atoms with Gasteiger partial charge in [-0.1, -0.05) is 11.3 Å². The van der Waals surface area contributed by atoms with E-state index in [1.807, 2.05) is 24.8 Å². The molecule has 4 aromatic rings. The fourth-order valence-corrected chi connectivity index (χ4v) is 4.03. The van der Waals surface area contributed by atoms with E-state index in [2.05, 4.69) is 37.4 Å². The molecule has 0 saturated heterocycles. The lowest BCUT2D eigenvalue weighted by Crippen LogP contribution is -2.29. The standard InChI is InChI=1S/C14H9N4S/c1-3-15-5-9-7-17-8-18-11-2-4-16-6-12(11)19-14(18)13(17)10(1)9/h1-6,8H,7H2/q+1. The Bertz CT molecular complexity index is 951. The van der Waals surface area contributed by atoms with Crippen LogP contribution in [0.15, 0.2) is 43.2 Å². The number of imidazole rings is 1. The molecule has 0 N–H and O–H groups in total. The van der Waals surface area contributed by atoms with Crippen molar-refractivity contribution in [1.82, 2.24) is 14.4 Å². The molecule has 0 atom stereocenters. The first-order valence-electron chi connectivity index (χ1n) is 6.12. The van der Waals surface area contributed by atoms with Gasteiger partial charge in [0.1, 0.15) is 6.54 Å². The smallest absolute Gasteiger partial charge is 0.251 e. The van der Waals surface area contributed by atoms with Crippen LogP contribution in [-0.2, 0) is 6.54 Å². The lowest BCUT2D eigenvalue weighted by atomic mass is 10.1. The van der Waals surface area contributed by atoms with Gasteiger partial charge in [0, 0.05) is 42.0 Å². The average molecular weight is 265 g/mol. The summed E-state index contributed by atoms with van der Waals surface area (Å²) in [6.07, 6.45) is 9.80. The van der Waals surface area contributed by atoms with Crippen molar-refractivity contribution in [2.24, 2.45) is 0 Å².